The number of hydrogen-bond acceptors (Lipinski definition) is 1. The van der Waals surface area contributed by atoms with Crippen molar-refractivity contribution < 1.29 is 18.0 Å². The lowest BCUT2D eigenvalue weighted by Gasteiger charge is -2.27. The summed E-state index contributed by atoms with van der Waals surface area (Å²) < 4.78 is 38.3. The van der Waals surface area contributed by atoms with Crippen LogP contribution in [-0.4, -0.2) is 18.1 Å². The molecule has 1 aromatic rings. The highest BCUT2D eigenvalue weighted by atomic mass is 19.4. The molecule has 5 heteroatoms. The molecule has 1 aliphatic rings. The monoisotopic (exact) mass is 271 g/mol. The molecule has 1 atom stereocenters. The van der Waals surface area contributed by atoms with E-state index in [-0.39, 0.29) is 6.04 Å². The highest BCUT2D eigenvalue weighted by Crippen LogP contribution is 2.47. The number of para-hydroxylation sites is 1. The Bertz CT molecular complexity index is 510. The minimum Gasteiger partial charge on any atom is -0.309 e. The van der Waals surface area contributed by atoms with E-state index in [2.05, 4.69) is 0 Å². The second-order valence-corrected chi connectivity index (χ2v) is 5.41. The van der Waals surface area contributed by atoms with Crippen molar-refractivity contribution in [1.82, 2.24) is 0 Å². The molecular weight excluding hydrogens is 255 g/mol. The summed E-state index contributed by atoms with van der Waals surface area (Å²) in [5.41, 5.74) is -0.459. The summed E-state index contributed by atoms with van der Waals surface area (Å²) in [6, 6.07) is 6.56. The molecule has 0 fully saturated rings. The summed E-state index contributed by atoms with van der Waals surface area (Å²) in [6.45, 7) is 4.98. The van der Waals surface area contributed by atoms with Crippen LogP contribution in [0.25, 0.3) is 0 Å². The second kappa shape index (κ2) is 4.25. The molecule has 19 heavy (non-hydrogen) atoms. The summed E-state index contributed by atoms with van der Waals surface area (Å²) in [5.74, 6) is -0.471. The van der Waals surface area contributed by atoms with E-state index in [1.807, 2.05) is 0 Å². The molecule has 0 spiro atoms. The Labute approximate surface area is 110 Å². The molecule has 0 unspecified atom stereocenters. The van der Waals surface area contributed by atoms with Gasteiger partial charge in [0.2, 0.25) is 5.91 Å². The van der Waals surface area contributed by atoms with Gasteiger partial charge in [-0.05, 0) is 32.4 Å². The summed E-state index contributed by atoms with van der Waals surface area (Å²) in [7, 11) is 0. The molecule has 2 nitrogen and oxygen atoms in total. The fraction of sp³-hybridized carbons (Fsp3) is 0.500. The third kappa shape index (κ3) is 2.22. The van der Waals surface area contributed by atoms with Gasteiger partial charge >= 0.3 is 6.18 Å². The molecule has 0 radical (unpaired) electrons. The number of amides is 1. The zero-order valence-electron chi connectivity index (χ0n) is 11.1. The topological polar surface area (TPSA) is 20.3 Å². The van der Waals surface area contributed by atoms with Crippen molar-refractivity contribution in [3.63, 3.8) is 0 Å². The molecule has 1 amide bonds. The number of anilines is 1. The second-order valence-electron chi connectivity index (χ2n) is 5.41. The van der Waals surface area contributed by atoms with E-state index in [4.69, 9.17) is 0 Å². The van der Waals surface area contributed by atoms with Crippen LogP contribution in [0.3, 0.4) is 0 Å². The first kappa shape index (κ1) is 13.9. The van der Waals surface area contributed by atoms with Gasteiger partial charge in [-0.1, -0.05) is 18.2 Å². The maximum atomic E-state index is 12.8. The van der Waals surface area contributed by atoms with Crippen LogP contribution in [0.15, 0.2) is 24.3 Å². The molecule has 0 aromatic heterocycles. The van der Waals surface area contributed by atoms with Gasteiger partial charge in [0.25, 0.3) is 0 Å². The van der Waals surface area contributed by atoms with Crippen molar-refractivity contribution in [2.24, 2.45) is 0 Å². The zero-order valence-corrected chi connectivity index (χ0v) is 11.1. The Morgan fingerprint density at radius 3 is 2.37 bits per heavy atom. The molecule has 0 saturated heterocycles. The summed E-state index contributed by atoms with van der Waals surface area (Å²) in [6.07, 6.45) is -5.50. The van der Waals surface area contributed by atoms with Gasteiger partial charge in [0.15, 0.2) is 0 Å². The third-order valence-corrected chi connectivity index (χ3v) is 3.52. The van der Waals surface area contributed by atoms with Crippen molar-refractivity contribution in [2.75, 3.05) is 4.90 Å². The van der Waals surface area contributed by atoms with Gasteiger partial charge in [0.1, 0.15) is 0 Å². The van der Waals surface area contributed by atoms with Crippen LogP contribution in [0, 0.1) is 0 Å². The number of fused-ring (bicyclic) bond motifs is 1. The number of halogens is 3. The van der Waals surface area contributed by atoms with Gasteiger partial charge in [0.05, 0.1) is 11.8 Å². The normalized spacial score (nSPS) is 23.1. The Balaban J connectivity index is 2.55. The van der Waals surface area contributed by atoms with E-state index >= 15 is 0 Å². The zero-order chi connectivity index (χ0) is 14.4. The van der Waals surface area contributed by atoms with Crippen LogP contribution in [0.1, 0.15) is 32.8 Å². The lowest BCUT2D eigenvalue weighted by atomic mass is 9.80. The van der Waals surface area contributed by atoms with Crippen LogP contribution in [0.4, 0.5) is 18.9 Å². The molecule has 0 saturated carbocycles. The lowest BCUT2D eigenvalue weighted by molar-refractivity contribution is -0.155. The van der Waals surface area contributed by atoms with Gasteiger partial charge < -0.3 is 4.90 Å². The van der Waals surface area contributed by atoms with Crippen molar-refractivity contribution in [2.45, 2.75) is 44.8 Å². The van der Waals surface area contributed by atoms with Gasteiger partial charge in [-0.2, -0.15) is 13.2 Å². The maximum Gasteiger partial charge on any atom is 0.390 e. The van der Waals surface area contributed by atoms with Crippen LogP contribution >= 0.6 is 0 Å². The van der Waals surface area contributed by atoms with Gasteiger partial charge in [-0.25, -0.2) is 0 Å². The standard InChI is InChI=1S/C14H16F3NO/c1-9(2)18-11-7-5-4-6-10(11)13(3,12(18)19)8-14(15,16)17/h4-7,9H,8H2,1-3H3/t13-/m0/s1. The van der Waals surface area contributed by atoms with E-state index in [9.17, 15) is 18.0 Å². The predicted molar refractivity (Wildman–Crippen MR) is 67.1 cm³/mol. The van der Waals surface area contributed by atoms with E-state index < -0.39 is 23.9 Å². The molecule has 0 aliphatic carbocycles. The van der Waals surface area contributed by atoms with Crippen LogP contribution in [-0.2, 0) is 10.2 Å². The van der Waals surface area contributed by atoms with Crippen molar-refractivity contribution in [1.29, 1.82) is 0 Å². The number of rotatable bonds is 2. The van der Waals surface area contributed by atoms with E-state index in [1.165, 1.54) is 11.8 Å². The molecule has 1 aromatic carbocycles. The molecule has 0 N–H and O–H groups in total. The van der Waals surface area contributed by atoms with E-state index in [0.29, 0.717) is 11.3 Å². The summed E-state index contributed by atoms with van der Waals surface area (Å²) >= 11 is 0. The molecule has 1 heterocycles. The Hall–Kier alpha value is -1.52. The number of alkyl halides is 3. The quantitative estimate of drug-likeness (QED) is 0.804. The average molecular weight is 271 g/mol. The Morgan fingerprint density at radius 2 is 1.84 bits per heavy atom. The highest BCUT2D eigenvalue weighted by Gasteiger charge is 2.53. The number of hydrogen-bond donors (Lipinski definition) is 0. The first-order chi connectivity index (χ1) is 8.67. The predicted octanol–water partition coefficient (Wildman–Crippen LogP) is 3.65. The smallest absolute Gasteiger partial charge is 0.309 e. The maximum absolute atomic E-state index is 12.8. The molecule has 1 aliphatic heterocycles. The largest absolute Gasteiger partial charge is 0.390 e. The van der Waals surface area contributed by atoms with Gasteiger partial charge in [-0.15, -0.1) is 0 Å². The van der Waals surface area contributed by atoms with Crippen molar-refractivity contribution in [3.05, 3.63) is 29.8 Å². The van der Waals surface area contributed by atoms with Gasteiger partial charge in [-0.3, -0.25) is 4.79 Å². The number of nitrogens with zero attached hydrogens (tertiary/aromatic N) is 1. The van der Waals surface area contributed by atoms with E-state index in [1.54, 1.807) is 38.1 Å². The van der Waals surface area contributed by atoms with Crippen LogP contribution in [0.2, 0.25) is 0 Å². The van der Waals surface area contributed by atoms with Crippen LogP contribution in [0.5, 0.6) is 0 Å². The van der Waals surface area contributed by atoms with Gasteiger partial charge in [0, 0.05) is 11.7 Å². The molecule has 2 rings (SSSR count). The number of carbonyl (C=O) groups excluding carboxylic acids is 1. The minimum atomic E-state index is -4.37. The SMILES string of the molecule is CC(C)N1C(=O)[C@@](C)(CC(F)(F)F)c2ccccc21. The first-order valence-corrected chi connectivity index (χ1v) is 6.17. The Morgan fingerprint density at radius 1 is 1.26 bits per heavy atom. The highest BCUT2D eigenvalue weighted by molar-refractivity contribution is 6.08. The number of carbonyl (C=O) groups is 1. The minimum absolute atomic E-state index is 0.163. The summed E-state index contributed by atoms with van der Waals surface area (Å²) in [4.78, 5) is 13.9. The first-order valence-electron chi connectivity index (χ1n) is 6.17. The number of benzene rings is 1. The van der Waals surface area contributed by atoms with Crippen molar-refractivity contribution >= 4 is 11.6 Å². The molecular formula is C14H16F3NO. The van der Waals surface area contributed by atoms with E-state index in [0.717, 1.165) is 0 Å². The summed E-state index contributed by atoms with van der Waals surface area (Å²) in [5, 5.41) is 0. The fourth-order valence-corrected chi connectivity index (χ4v) is 2.73. The molecule has 0 bridgehead atoms. The average Bonchev–Trinajstić information content (AvgIpc) is 2.46. The van der Waals surface area contributed by atoms with Crippen molar-refractivity contribution in [3.8, 4) is 0 Å². The van der Waals surface area contributed by atoms with Crippen LogP contribution < -0.4 is 4.90 Å². The fourth-order valence-electron chi connectivity index (χ4n) is 2.73. The third-order valence-electron chi connectivity index (χ3n) is 3.52. The Kier molecular flexibility index (Phi) is 3.11. The molecule has 104 valence electrons. The lowest BCUT2D eigenvalue weighted by Crippen LogP contribution is -2.43.